The standard InChI is InChI=1S/C32H33N3O6S/c1-5-7-17-34(18-8-6-2)24-15-13-23(14-16-24)19-28-30(25-11-9-10-12-27(25)42(28,39)40)29-21(3)26(20-33)31(36)35(32(29)37)22(4)41-38/h9-16,19,38H,4-8,17-18H2,1-3H3/b28-19-,30-29?. The molecule has 2 aliphatic rings. The molecule has 2 aromatic rings. The lowest BCUT2D eigenvalue weighted by atomic mass is 9.88. The van der Waals surface area contributed by atoms with E-state index in [-0.39, 0.29) is 32.1 Å². The number of nitriles is 1. The van der Waals surface area contributed by atoms with Crippen LogP contribution >= 0.6 is 0 Å². The van der Waals surface area contributed by atoms with Gasteiger partial charge in [-0.1, -0.05) is 57.0 Å². The molecule has 0 fully saturated rings. The van der Waals surface area contributed by atoms with E-state index < -0.39 is 33.1 Å². The number of allylic oxidation sites excluding steroid dienone is 1. The highest BCUT2D eigenvalue weighted by molar-refractivity contribution is 7.96. The summed E-state index contributed by atoms with van der Waals surface area (Å²) in [4.78, 5) is 33.3. The second-order valence-corrected chi connectivity index (χ2v) is 12.0. The van der Waals surface area contributed by atoms with Gasteiger partial charge in [0.25, 0.3) is 11.8 Å². The van der Waals surface area contributed by atoms with Crippen molar-refractivity contribution in [2.75, 3.05) is 18.0 Å². The second kappa shape index (κ2) is 12.6. The van der Waals surface area contributed by atoms with Crippen LogP contribution < -0.4 is 4.90 Å². The number of sulfone groups is 1. The molecule has 0 saturated heterocycles. The first-order valence-electron chi connectivity index (χ1n) is 13.8. The number of amides is 2. The summed E-state index contributed by atoms with van der Waals surface area (Å²) in [7, 11) is -4.09. The van der Waals surface area contributed by atoms with Gasteiger partial charge in [-0.05, 0) is 61.8 Å². The molecule has 218 valence electrons. The molecule has 1 N–H and O–H groups in total. The molecule has 0 atom stereocenters. The van der Waals surface area contributed by atoms with E-state index in [0.717, 1.165) is 44.5 Å². The van der Waals surface area contributed by atoms with Gasteiger partial charge in [-0.2, -0.15) is 5.26 Å². The van der Waals surface area contributed by atoms with Crippen LogP contribution in [-0.2, 0) is 24.3 Å². The first kappa shape index (κ1) is 30.5. The molecule has 9 nitrogen and oxygen atoms in total. The Morgan fingerprint density at radius 3 is 2.21 bits per heavy atom. The quantitative estimate of drug-likeness (QED) is 0.121. The number of nitrogens with zero attached hydrogens (tertiary/aromatic N) is 3. The van der Waals surface area contributed by atoms with Crippen LogP contribution in [0.2, 0.25) is 0 Å². The Labute approximate surface area is 246 Å². The van der Waals surface area contributed by atoms with Crippen molar-refractivity contribution in [2.45, 2.75) is 51.3 Å². The summed E-state index contributed by atoms with van der Waals surface area (Å²) in [5, 5.41) is 18.9. The van der Waals surface area contributed by atoms with Gasteiger partial charge in [-0.15, -0.1) is 0 Å². The zero-order chi connectivity index (χ0) is 30.6. The van der Waals surface area contributed by atoms with E-state index in [2.05, 4.69) is 30.2 Å². The Morgan fingerprint density at radius 1 is 1.02 bits per heavy atom. The molecule has 0 radical (unpaired) electrons. The summed E-state index contributed by atoms with van der Waals surface area (Å²) in [5.74, 6) is -2.72. The fourth-order valence-corrected chi connectivity index (χ4v) is 6.88. The van der Waals surface area contributed by atoms with Gasteiger partial charge in [0.1, 0.15) is 11.6 Å². The average molecular weight is 588 g/mol. The number of imide groups is 1. The average Bonchev–Trinajstić information content (AvgIpc) is 3.19. The summed E-state index contributed by atoms with van der Waals surface area (Å²) in [6.07, 6.45) is 5.76. The number of benzene rings is 2. The fourth-order valence-electron chi connectivity index (χ4n) is 5.16. The Hall–Kier alpha value is -4.46. The zero-order valence-electron chi connectivity index (χ0n) is 23.9. The molecule has 2 heterocycles. The van der Waals surface area contributed by atoms with Gasteiger partial charge in [0, 0.05) is 29.9 Å². The lowest BCUT2D eigenvalue weighted by molar-refractivity contribution is -0.222. The van der Waals surface area contributed by atoms with Crippen LogP contribution in [0.5, 0.6) is 0 Å². The number of carbonyl (C=O) groups is 2. The molecule has 10 heteroatoms. The Kier molecular flexibility index (Phi) is 9.14. The molecule has 2 aromatic carbocycles. The molecular formula is C32H33N3O6S. The Morgan fingerprint density at radius 2 is 1.64 bits per heavy atom. The van der Waals surface area contributed by atoms with Crippen molar-refractivity contribution in [1.82, 2.24) is 4.90 Å². The van der Waals surface area contributed by atoms with E-state index in [1.54, 1.807) is 24.3 Å². The number of hydrogen-bond acceptors (Lipinski definition) is 8. The number of hydrogen-bond donors (Lipinski definition) is 1. The van der Waals surface area contributed by atoms with Gasteiger partial charge in [-0.3, -0.25) is 9.59 Å². The Balaban J connectivity index is 1.94. The third kappa shape index (κ3) is 5.41. The number of anilines is 1. The van der Waals surface area contributed by atoms with Crippen LogP contribution in [0, 0.1) is 11.3 Å². The third-order valence-corrected chi connectivity index (χ3v) is 9.24. The minimum atomic E-state index is -4.09. The van der Waals surface area contributed by atoms with Crippen LogP contribution in [0.4, 0.5) is 5.69 Å². The summed E-state index contributed by atoms with van der Waals surface area (Å²) in [5.41, 5.74) is 1.38. The maximum absolute atomic E-state index is 13.9. The number of fused-ring (bicyclic) bond motifs is 1. The van der Waals surface area contributed by atoms with Gasteiger partial charge in [0.05, 0.1) is 15.4 Å². The van der Waals surface area contributed by atoms with Crippen molar-refractivity contribution in [2.24, 2.45) is 0 Å². The SMILES string of the molecule is C=C(OO)N1C(=O)C(C#N)=C(C)C(=C2/C(=C/c3ccc(N(CCCC)CCCC)cc3)S(=O)(=O)c3ccccc32)C1=O. The summed E-state index contributed by atoms with van der Waals surface area (Å²) < 4.78 is 27.8. The molecule has 0 saturated carbocycles. The number of carbonyl (C=O) groups excluding carboxylic acids is 2. The summed E-state index contributed by atoms with van der Waals surface area (Å²) in [6, 6.07) is 15.6. The van der Waals surface area contributed by atoms with Crippen molar-refractivity contribution in [3.8, 4) is 6.07 Å². The highest BCUT2D eigenvalue weighted by atomic mass is 32.2. The van der Waals surface area contributed by atoms with Gasteiger partial charge in [0.15, 0.2) is 0 Å². The van der Waals surface area contributed by atoms with Gasteiger partial charge in [-0.25, -0.2) is 18.6 Å². The summed E-state index contributed by atoms with van der Waals surface area (Å²) in [6.45, 7) is 10.9. The number of unbranched alkanes of at least 4 members (excludes halogenated alkanes) is 2. The van der Waals surface area contributed by atoms with Crippen LogP contribution in [0.15, 0.2) is 87.5 Å². The van der Waals surface area contributed by atoms with E-state index >= 15 is 0 Å². The van der Waals surface area contributed by atoms with Gasteiger partial charge in [0.2, 0.25) is 15.7 Å². The van der Waals surface area contributed by atoms with Crippen LogP contribution in [-0.4, -0.2) is 43.5 Å². The molecule has 2 amide bonds. The van der Waals surface area contributed by atoms with Crippen LogP contribution in [0.1, 0.15) is 57.6 Å². The fraction of sp³-hybridized carbons (Fsp3) is 0.281. The van der Waals surface area contributed by atoms with E-state index in [1.165, 1.54) is 19.1 Å². The van der Waals surface area contributed by atoms with Crippen molar-refractivity contribution in [3.05, 3.63) is 93.7 Å². The molecular weight excluding hydrogens is 554 g/mol. The van der Waals surface area contributed by atoms with Crippen molar-refractivity contribution >= 4 is 39.0 Å². The first-order chi connectivity index (χ1) is 20.1. The molecule has 2 aliphatic heterocycles. The minimum Gasteiger partial charge on any atom is -0.372 e. The van der Waals surface area contributed by atoms with E-state index in [1.807, 2.05) is 24.3 Å². The number of rotatable bonds is 10. The van der Waals surface area contributed by atoms with E-state index in [4.69, 9.17) is 0 Å². The normalized spacial score (nSPS) is 18.7. The molecule has 42 heavy (non-hydrogen) atoms. The molecule has 4 rings (SSSR count). The molecule has 0 aromatic heterocycles. The summed E-state index contributed by atoms with van der Waals surface area (Å²) >= 11 is 0. The maximum atomic E-state index is 13.9. The topological polar surface area (TPSA) is 128 Å². The monoisotopic (exact) mass is 587 g/mol. The predicted molar refractivity (Wildman–Crippen MR) is 160 cm³/mol. The smallest absolute Gasteiger partial charge is 0.278 e. The highest BCUT2D eigenvalue weighted by Gasteiger charge is 2.45. The largest absolute Gasteiger partial charge is 0.372 e. The Bertz CT molecular complexity index is 1670. The van der Waals surface area contributed by atoms with Crippen molar-refractivity contribution in [1.29, 1.82) is 5.26 Å². The zero-order valence-corrected chi connectivity index (χ0v) is 24.7. The van der Waals surface area contributed by atoms with Gasteiger partial charge >= 0.3 is 0 Å². The van der Waals surface area contributed by atoms with E-state index in [9.17, 15) is 28.5 Å². The lowest BCUT2D eigenvalue weighted by Crippen LogP contribution is -2.42. The first-order valence-corrected chi connectivity index (χ1v) is 15.3. The minimum absolute atomic E-state index is 0.000434. The molecule has 0 unspecified atom stereocenters. The second-order valence-electron chi connectivity index (χ2n) is 10.1. The molecule has 0 spiro atoms. The van der Waals surface area contributed by atoms with Gasteiger partial charge < -0.3 is 9.79 Å². The third-order valence-electron chi connectivity index (χ3n) is 7.40. The van der Waals surface area contributed by atoms with Crippen LogP contribution in [0.25, 0.3) is 11.6 Å². The predicted octanol–water partition coefficient (Wildman–Crippen LogP) is 5.84. The van der Waals surface area contributed by atoms with Crippen molar-refractivity contribution in [3.63, 3.8) is 0 Å². The lowest BCUT2D eigenvalue weighted by Gasteiger charge is -2.27. The maximum Gasteiger partial charge on any atom is 0.278 e. The van der Waals surface area contributed by atoms with E-state index in [0.29, 0.717) is 10.5 Å². The molecule has 0 aliphatic carbocycles. The van der Waals surface area contributed by atoms with Crippen LogP contribution in [0.3, 0.4) is 0 Å². The molecule has 0 bridgehead atoms. The van der Waals surface area contributed by atoms with Crippen molar-refractivity contribution < 1.29 is 28.2 Å². The highest BCUT2D eigenvalue weighted by Crippen LogP contribution is 2.48.